The number of hydrogen-bond acceptors (Lipinski definition) is 2. The molecule has 0 aliphatic heterocycles. The summed E-state index contributed by atoms with van der Waals surface area (Å²) in [6.07, 6.45) is 2.49. The first-order valence-corrected chi connectivity index (χ1v) is 9.78. The number of Topliss-reactive ketones (excluding diaryl/α,β-unsaturated/α-hetero) is 1. The van der Waals surface area contributed by atoms with Crippen LogP contribution < -0.4 is 0 Å². The van der Waals surface area contributed by atoms with Crippen LogP contribution in [0.2, 0.25) is 18.1 Å². The van der Waals surface area contributed by atoms with Crippen LogP contribution in [0.4, 0.5) is 0 Å². The number of carbonyl (C=O) groups excluding carboxylic acids is 1. The van der Waals surface area contributed by atoms with Gasteiger partial charge in [0.25, 0.3) is 0 Å². The van der Waals surface area contributed by atoms with E-state index in [1.165, 1.54) is 23.7 Å². The summed E-state index contributed by atoms with van der Waals surface area (Å²) < 4.78 is 6.44. The highest BCUT2D eigenvalue weighted by molar-refractivity contribution is 6.73. The molecule has 0 aromatic heterocycles. The van der Waals surface area contributed by atoms with Crippen molar-refractivity contribution in [3.05, 3.63) is 11.3 Å². The summed E-state index contributed by atoms with van der Waals surface area (Å²) in [4.78, 5) is 11.0. The zero-order valence-electron chi connectivity index (χ0n) is 13.1. The van der Waals surface area contributed by atoms with Crippen LogP contribution in [0.15, 0.2) is 11.3 Å². The van der Waals surface area contributed by atoms with Gasteiger partial charge < -0.3 is 9.22 Å². The van der Waals surface area contributed by atoms with Crippen LogP contribution in [0.1, 0.15) is 60.8 Å². The van der Waals surface area contributed by atoms with E-state index in [0.29, 0.717) is 6.42 Å². The van der Waals surface area contributed by atoms with Crippen molar-refractivity contribution in [2.45, 2.75) is 78.9 Å². The SMILES string of the molecule is CC[Si](CC)(CC)OC(CCCC(C)=O)=C(C)C. The molecule has 0 atom stereocenters. The van der Waals surface area contributed by atoms with Gasteiger partial charge in [-0.25, -0.2) is 0 Å². The molecular formula is C15H30O2Si. The lowest BCUT2D eigenvalue weighted by Gasteiger charge is -2.31. The molecule has 18 heavy (non-hydrogen) atoms. The number of hydrogen-bond donors (Lipinski definition) is 0. The Balaban J connectivity index is 4.63. The molecule has 2 nitrogen and oxygen atoms in total. The van der Waals surface area contributed by atoms with E-state index < -0.39 is 8.32 Å². The Kier molecular flexibility index (Phi) is 8.24. The Morgan fingerprint density at radius 3 is 1.78 bits per heavy atom. The van der Waals surface area contributed by atoms with Crippen molar-refractivity contribution in [2.24, 2.45) is 0 Å². The van der Waals surface area contributed by atoms with Crippen LogP contribution in [0.5, 0.6) is 0 Å². The summed E-state index contributed by atoms with van der Waals surface area (Å²) in [5.41, 5.74) is 1.27. The van der Waals surface area contributed by atoms with Gasteiger partial charge in [0.2, 0.25) is 8.32 Å². The maximum absolute atomic E-state index is 11.0. The monoisotopic (exact) mass is 270 g/mol. The van der Waals surface area contributed by atoms with Crippen molar-refractivity contribution in [1.82, 2.24) is 0 Å². The lowest BCUT2D eigenvalue weighted by atomic mass is 10.1. The minimum absolute atomic E-state index is 0.271. The molecule has 0 heterocycles. The summed E-state index contributed by atoms with van der Waals surface area (Å²) >= 11 is 0. The first kappa shape index (κ1) is 17.4. The highest BCUT2D eigenvalue weighted by Crippen LogP contribution is 2.28. The molecule has 0 amide bonds. The third-order valence-electron chi connectivity index (χ3n) is 3.76. The molecule has 0 saturated heterocycles. The second-order valence-electron chi connectivity index (χ2n) is 5.32. The van der Waals surface area contributed by atoms with Gasteiger partial charge in [-0.1, -0.05) is 20.8 Å². The highest BCUT2D eigenvalue weighted by atomic mass is 28.4. The van der Waals surface area contributed by atoms with E-state index in [1.54, 1.807) is 6.92 Å². The quantitative estimate of drug-likeness (QED) is 0.432. The number of rotatable bonds is 9. The molecule has 0 radical (unpaired) electrons. The fourth-order valence-electron chi connectivity index (χ4n) is 2.13. The molecule has 0 spiro atoms. The molecule has 0 fully saturated rings. The molecule has 0 saturated carbocycles. The Morgan fingerprint density at radius 1 is 0.944 bits per heavy atom. The molecule has 0 aromatic rings. The van der Waals surface area contributed by atoms with E-state index >= 15 is 0 Å². The van der Waals surface area contributed by atoms with E-state index in [4.69, 9.17) is 4.43 Å². The normalized spacial score (nSPS) is 11.2. The molecule has 0 aliphatic carbocycles. The van der Waals surface area contributed by atoms with Crippen molar-refractivity contribution in [3.8, 4) is 0 Å². The van der Waals surface area contributed by atoms with E-state index in [-0.39, 0.29) is 5.78 Å². The Labute approximate surface area is 114 Å². The van der Waals surface area contributed by atoms with Gasteiger partial charge in [0.05, 0.1) is 5.76 Å². The van der Waals surface area contributed by atoms with Gasteiger partial charge in [0.15, 0.2) is 0 Å². The standard InChI is InChI=1S/C15H30O2Si/c1-7-18(8-2,9-3)17-15(13(4)5)12-10-11-14(6)16/h7-12H2,1-6H3. The number of carbonyl (C=O) groups is 1. The van der Waals surface area contributed by atoms with Crippen molar-refractivity contribution < 1.29 is 9.22 Å². The fourth-order valence-corrected chi connectivity index (χ4v) is 4.89. The summed E-state index contributed by atoms with van der Waals surface area (Å²) in [7, 11) is -1.56. The first-order valence-electron chi connectivity index (χ1n) is 7.25. The van der Waals surface area contributed by atoms with Crippen molar-refractivity contribution >= 4 is 14.1 Å². The highest BCUT2D eigenvalue weighted by Gasteiger charge is 2.31. The molecule has 106 valence electrons. The summed E-state index contributed by atoms with van der Waals surface area (Å²) in [6.45, 7) is 12.6. The molecule has 0 rings (SSSR count). The van der Waals surface area contributed by atoms with Gasteiger partial charge in [-0.05, 0) is 50.9 Å². The van der Waals surface area contributed by atoms with Crippen molar-refractivity contribution in [3.63, 3.8) is 0 Å². The van der Waals surface area contributed by atoms with Crippen LogP contribution in [-0.4, -0.2) is 14.1 Å². The van der Waals surface area contributed by atoms with Crippen molar-refractivity contribution in [1.29, 1.82) is 0 Å². The van der Waals surface area contributed by atoms with Gasteiger partial charge in [-0.2, -0.15) is 0 Å². The second kappa shape index (κ2) is 8.52. The minimum atomic E-state index is -1.56. The first-order chi connectivity index (χ1) is 8.40. The summed E-state index contributed by atoms with van der Waals surface area (Å²) in [5, 5.41) is 0. The fraction of sp³-hybridized carbons (Fsp3) is 0.800. The molecule has 3 heteroatoms. The zero-order chi connectivity index (χ0) is 14.2. The van der Waals surface area contributed by atoms with Crippen LogP contribution in [0.3, 0.4) is 0 Å². The Morgan fingerprint density at radius 2 is 1.44 bits per heavy atom. The van der Waals surface area contributed by atoms with Gasteiger partial charge >= 0.3 is 0 Å². The van der Waals surface area contributed by atoms with Crippen LogP contribution in [0.25, 0.3) is 0 Å². The summed E-state index contributed by atoms with van der Waals surface area (Å²) in [5.74, 6) is 1.42. The van der Waals surface area contributed by atoms with Crippen LogP contribution >= 0.6 is 0 Å². The summed E-state index contributed by atoms with van der Waals surface area (Å²) in [6, 6.07) is 3.51. The maximum Gasteiger partial charge on any atom is 0.250 e. The topological polar surface area (TPSA) is 26.3 Å². The Bertz CT molecular complexity index is 279. The molecule has 0 bridgehead atoms. The van der Waals surface area contributed by atoms with Gasteiger partial charge in [0, 0.05) is 12.8 Å². The van der Waals surface area contributed by atoms with E-state index in [9.17, 15) is 4.79 Å². The molecule has 0 aromatic carbocycles. The smallest absolute Gasteiger partial charge is 0.250 e. The Hall–Kier alpha value is -0.573. The predicted molar refractivity (Wildman–Crippen MR) is 81.2 cm³/mol. The van der Waals surface area contributed by atoms with Crippen molar-refractivity contribution in [2.75, 3.05) is 0 Å². The van der Waals surface area contributed by atoms with Gasteiger partial charge in [-0.3, -0.25) is 0 Å². The maximum atomic E-state index is 11.0. The minimum Gasteiger partial charge on any atom is -0.547 e. The largest absolute Gasteiger partial charge is 0.547 e. The molecule has 0 aliphatic rings. The average molecular weight is 270 g/mol. The third kappa shape index (κ3) is 5.85. The number of allylic oxidation sites excluding steroid dienone is 2. The molecule has 0 unspecified atom stereocenters. The lowest BCUT2D eigenvalue weighted by molar-refractivity contribution is -0.117. The molecule has 0 N–H and O–H groups in total. The van der Waals surface area contributed by atoms with E-state index in [2.05, 4.69) is 34.6 Å². The van der Waals surface area contributed by atoms with Gasteiger partial charge in [-0.15, -0.1) is 0 Å². The third-order valence-corrected chi connectivity index (χ3v) is 8.31. The van der Waals surface area contributed by atoms with E-state index in [0.717, 1.165) is 18.6 Å². The number of ketones is 1. The van der Waals surface area contributed by atoms with Crippen LogP contribution in [0, 0.1) is 0 Å². The van der Waals surface area contributed by atoms with E-state index in [1.807, 2.05) is 0 Å². The molecular weight excluding hydrogens is 240 g/mol. The average Bonchev–Trinajstić information content (AvgIpc) is 2.33. The van der Waals surface area contributed by atoms with Crippen LogP contribution in [-0.2, 0) is 9.22 Å². The predicted octanol–water partition coefficient (Wildman–Crippen LogP) is 5.06. The van der Waals surface area contributed by atoms with Gasteiger partial charge in [0.1, 0.15) is 5.78 Å². The zero-order valence-corrected chi connectivity index (χ0v) is 14.1. The second-order valence-corrected chi connectivity index (χ2v) is 10.0. The lowest BCUT2D eigenvalue weighted by Crippen LogP contribution is -2.35.